The molecule has 1 amide bonds. The molecule has 0 aliphatic carbocycles. The second kappa shape index (κ2) is 4.23. The van der Waals surface area contributed by atoms with E-state index in [0.29, 0.717) is 11.0 Å². The van der Waals surface area contributed by atoms with Crippen molar-refractivity contribution in [1.29, 1.82) is 0 Å². The average molecular weight is 245 g/mol. The van der Waals surface area contributed by atoms with Crippen LogP contribution in [0.5, 0.6) is 5.88 Å². The molecule has 1 aromatic heterocycles. The predicted octanol–water partition coefficient (Wildman–Crippen LogP) is 1.30. The number of nitrogens with one attached hydrogen (secondary N) is 1. The smallest absolute Gasteiger partial charge is 0.256 e. The average Bonchev–Trinajstić information content (AvgIpc) is 2.09. The molecule has 1 rings (SSSR count). The molecule has 1 heterocycles. The fourth-order valence-corrected chi connectivity index (χ4v) is 1.19. The first kappa shape index (κ1) is 9.98. The Bertz CT molecular complexity index is 328. The van der Waals surface area contributed by atoms with Crippen LogP contribution in [0.15, 0.2) is 16.7 Å². The monoisotopic (exact) mass is 244 g/mol. The van der Waals surface area contributed by atoms with Gasteiger partial charge in [0.05, 0.1) is 0 Å². The van der Waals surface area contributed by atoms with Crippen molar-refractivity contribution < 1.29 is 9.90 Å². The highest BCUT2D eigenvalue weighted by Gasteiger charge is 2.11. The zero-order chi connectivity index (χ0) is 9.84. The van der Waals surface area contributed by atoms with Crippen molar-refractivity contribution in [2.24, 2.45) is 0 Å². The number of rotatable bonds is 2. The molecule has 0 aromatic carbocycles. The highest BCUT2D eigenvalue weighted by atomic mass is 79.9. The van der Waals surface area contributed by atoms with Crippen LogP contribution in [0.25, 0.3) is 0 Å². The first-order valence-corrected chi connectivity index (χ1v) is 4.57. The molecule has 0 spiro atoms. The van der Waals surface area contributed by atoms with Gasteiger partial charge in [0.25, 0.3) is 5.91 Å². The number of carbonyl (C=O) groups is 1. The topological polar surface area (TPSA) is 62.2 Å². The SMILES string of the molecule is CCNC(=O)c1cc(Br)cnc1O. The van der Waals surface area contributed by atoms with Crippen LogP contribution < -0.4 is 5.32 Å². The van der Waals surface area contributed by atoms with Crippen molar-refractivity contribution in [3.05, 3.63) is 22.3 Å². The second-order valence-electron chi connectivity index (χ2n) is 2.38. The van der Waals surface area contributed by atoms with E-state index in [2.05, 4.69) is 26.2 Å². The summed E-state index contributed by atoms with van der Waals surface area (Å²) in [7, 11) is 0. The van der Waals surface area contributed by atoms with E-state index in [9.17, 15) is 9.90 Å². The number of carbonyl (C=O) groups excluding carboxylic acids is 1. The Kier molecular flexibility index (Phi) is 3.25. The lowest BCUT2D eigenvalue weighted by Gasteiger charge is -2.03. The van der Waals surface area contributed by atoms with Crippen LogP contribution in [0.4, 0.5) is 0 Å². The minimum Gasteiger partial charge on any atom is -0.493 e. The zero-order valence-electron chi connectivity index (χ0n) is 7.04. The molecule has 70 valence electrons. The Balaban J connectivity index is 2.99. The largest absolute Gasteiger partial charge is 0.493 e. The molecule has 0 fully saturated rings. The van der Waals surface area contributed by atoms with Gasteiger partial charge >= 0.3 is 0 Å². The van der Waals surface area contributed by atoms with Crippen LogP contribution in [0, 0.1) is 0 Å². The van der Waals surface area contributed by atoms with Gasteiger partial charge in [0.2, 0.25) is 5.88 Å². The maximum absolute atomic E-state index is 11.3. The highest BCUT2D eigenvalue weighted by molar-refractivity contribution is 9.10. The summed E-state index contributed by atoms with van der Waals surface area (Å²) in [6, 6.07) is 1.52. The molecule has 0 atom stereocenters. The molecule has 1 aromatic rings. The van der Waals surface area contributed by atoms with Gasteiger partial charge in [0.1, 0.15) is 5.56 Å². The summed E-state index contributed by atoms with van der Waals surface area (Å²) in [5, 5.41) is 11.8. The number of halogens is 1. The second-order valence-corrected chi connectivity index (χ2v) is 3.30. The third-order valence-electron chi connectivity index (χ3n) is 1.42. The van der Waals surface area contributed by atoms with Crippen molar-refractivity contribution in [1.82, 2.24) is 10.3 Å². The molecule has 4 nitrogen and oxygen atoms in total. The van der Waals surface area contributed by atoms with E-state index in [1.807, 2.05) is 0 Å². The van der Waals surface area contributed by atoms with Gasteiger partial charge in [0, 0.05) is 17.2 Å². The van der Waals surface area contributed by atoms with Gasteiger partial charge in [0.15, 0.2) is 0 Å². The Labute approximate surface area is 84.1 Å². The molecule has 0 aliphatic rings. The normalized spacial score (nSPS) is 9.69. The summed E-state index contributed by atoms with van der Waals surface area (Å²) in [4.78, 5) is 14.9. The molecule has 0 saturated heterocycles. The standard InChI is InChI=1S/C8H9BrN2O2/c1-2-10-7(12)6-3-5(9)4-11-8(6)13/h3-4H,2H2,1H3,(H,10,12)(H,11,13). The van der Waals surface area contributed by atoms with Gasteiger partial charge < -0.3 is 10.4 Å². The van der Waals surface area contributed by atoms with E-state index in [0.717, 1.165) is 0 Å². The van der Waals surface area contributed by atoms with Crippen LogP contribution in [0.2, 0.25) is 0 Å². The first-order valence-electron chi connectivity index (χ1n) is 3.78. The van der Waals surface area contributed by atoms with Crippen LogP contribution in [-0.2, 0) is 0 Å². The maximum Gasteiger partial charge on any atom is 0.256 e. The quantitative estimate of drug-likeness (QED) is 0.825. The summed E-state index contributed by atoms with van der Waals surface area (Å²) in [5.41, 5.74) is 0.177. The van der Waals surface area contributed by atoms with E-state index in [-0.39, 0.29) is 17.4 Å². The van der Waals surface area contributed by atoms with E-state index in [1.165, 1.54) is 12.3 Å². The van der Waals surface area contributed by atoms with E-state index >= 15 is 0 Å². The number of aromatic nitrogens is 1. The molecule has 2 N–H and O–H groups in total. The van der Waals surface area contributed by atoms with E-state index in [1.54, 1.807) is 6.92 Å². The van der Waals surface area contributed by atoms with E-state index < -0.39 is 0 Å². The van der Waals surface area contributed by atoms with Crippen LogP contribution >= 0.6 is 15.9 Å². The van der Waals surface area contributed by atoms with Crippen molar-refractivity contribution >= 4 is 21.8 Å². The molecule has 5 heteroatoms. The van der Waals surface area contributed by atoms with Gasteiger partial charge in [-0.25, -0.2) is 4.98 Å². The van der Waals surface area contributed by atoms with E-state index in [4.69, 9.17) is 0 Å². The lowest BCUT2D eigenvalue weighted by Crippen LogP contribution is -2.22. The minimum absolute atomic E-state index is 0.177. The van der Waals surface area contributed by atoms with Crippen molar-refractivity contribution in [3.63, 3.8) is 0 Å². The van der Waals surface area contributed by atoms with Gasteiger partial charge in [-0.15, -0.1) is 0 Å². The molecular formula is C8H9BrN2O2. The fraction of sp³-hybridized carbons (Fsp3) is 0.250. The Morgan fingerprint density at radius 3 is 3.08 bits per heavy atom. The lowest BCUT2D eigenvalue weighted by atomic mass is 10.2. The molecular weight excluding hydrogens is 236 g/mol. The highest BCUT2D eigenvalue weighted by Crippen LogP contribution is 2.18. The first-order chi connectivity index (χ1) is 6.15. The van der Waals surface area contributed by atoms with Crippen LogP contribution in [-0.4, -0.2) is 22.5 Å². The number of amides is 1. The minimum atomic E-state index is -0.325. The zero-order valence-corrected chi connectivity index (χ0v) is 8.63. The molecule has 0 aliphatic heterocycles. The summed E-state index contributed by atoms with van der Waals surface area (Å²) >= 11 is 3.16. The molecule has 0 unspecified atom stereocenters. The summed E-state index contributed by atoms with van der Waals surface area (Å²) in [5.74, 6) is -0.581. The van der Waals surface area contributed by atoms with Crippen molar-refractivity contribution in [3.8, 4) is 5.88 Å². The number of hydrogen-bond acceptors (Lipinski definition) is 3. The van der Waals surface area contributed by atoms with Gasteiger partial charge in [-0.3, -0.25) is 4.79 Å². The van der Waals surface area contributed by atoms with Gasteiger partial charge in [-0.1, -0.05) is 0 Å². The summed E-state index contributed by atoms with van der Waals surface area (Å²) in [6.45, 7) is 2.32. The molecule has 0 radical (unpaired) electrons. The Hall–Kier alpha value is -1.10. The number of nitrogens with zero attached hydrogens (tertiary/aromatic N) is 1. The maximum atomic E-state index is 11.3. The van der Waals surface area contributed by atoms with Crippen molar-refractivity contribution in [2.45, 2.75) is 6.92 Å². The Morgan fingerprint density at radius 1 is 1.77 bits per heavy atom. The molecule has 0 bridgehead atoms. The summed E-state index contributed by atoms with van der Waals surface area (Å²) in [6.07, 6.45) is 1.43. The predicted molar refractivity (Wildman–Crippen MR) is 51.6 cm³/mol. The molecule has 0 saturated carbocycles. The third-order valence-corrected chi connectivity index (χ3v) is 1.85. The fourth-order valence-electron chi connectivity index (χ4n) is 0.855. The van der Waals surface area contributed by atoms with Gasteiger partial charge in [-0.2, -0.15) is 0 Å². The van der Waals surface area contributed by atoms with Gasteiger partial charge in [-0.05, 0) is 28.9 Å². The lowest BCUT2D eigenvalue weighted by molar-refractivity contribution is 0.0952. The van der Waals surface area contributed by atoms with Crippen molar-refractivity contribution in [2.75, 3.05) is 6.54 Å². The number of hydrogen-bond donors (Lipinski definition) is 2. The third kappa shape index (κ3) is 2.42. The molecule has 13 heavy (non-hydrogen) atoms. The van der Waals surface area contributed by atoms with Crippen LogP contribution in [0.3, 0.4) is 0 Å². The Morgan fingerprint density at radius 2 is 2.46 bits per heavy atom. The van der Waals surface area contributed by atoms with Crippen LogP contribution in [0.1, 0.15) is 17.3 Å². The number of aromatic hydroxyl groups is 1. The number of pyridine rings is 1. The summed E-state index contributed by atoms with van der Waals surface area (Å²) < 4.78 is 0.659.